The molecule has 1 heterocycles. The van der Waals surface area contributed by atoms with Gasteiger partial charge >= 0.3 is 6.18 Å². The molecule has 1 rings (SSSR count). The highest BCUT2D eigenvalue weighted by Crippen LogP contribution is 2.24. The molecular formula is C11H15F4N3. The van der Waals surface area contributed by atoms with E-state index in [-0.39, 0.29) is 18.9 Å². The van der Waals surface area contributed by atoms with Crippen LogP contribution in [-0.4, -0.2) is 31.3 Å². The Balaban J connectivity index is 3.02. The second-order valence-electron chi connectivity index (χ2n) is 3.77. The zero-order valence-corrected chi connectivity index (χ0v) is 10.2. The quantitative estimate of drug-likeness (QED) is 0.828. The van der Waals surface area contributed by atoms with Crippen molar-refractivity contribution in [3.8, 4) is 0 Å². The number of pyridine rings is 1. The van der Waals surface area contributed by atoms with Crippen LogP contribution < -0.4 is 10.2 Å². The van der Waals surface area contributed by atoms with Crippen molar-refractivity contribution in [1.82, 2.24) is 10.3 Å². The molecule has 0 fully saturated rings. The van der Waals surface area contributed by atoms with Crippen LogP contribution in [0.3, 0.4) is 0 Å². The number of aromatic nitrogens is 1. The summed E-state index contributed by atoms with van der Waals surface area (Å²) in [5, 5.41) is 2.75. The maximum Gasteiger partial charge on any atom is 0.405 e. The van der Waals surface area contributed by atoms with Gasteiger partial charge < -0.3 is 10.2 Å². The second kappa shape index (κ2) is 5.99. The molecule has 102 valence electrons. The third kappa shape index (κ3) is 3.83. The van der Waals surface area contributed by atoms with Gasteiger partial charge in [0.1, 0.15) is 6.54 Å². The van der Waals surface area contributed by atoms with Gasteiger partial charge in [-0.3, -0.25) is 0 Å². The van der Waals surface area contributed by atoms with E-state index < -0.39 is 18.5 Å². The maximum atomic E-state index is 14.0. The second-order valence-corrected chi connectivity index (χ2v) is 3.77. The lowest BCUT2D eigenvalue weighted by molar-refractivity contribution is -0.119. The largest absolute Gasteiger partial charge is 0.405 e. The van der Waals surface area contributed by atoms with Gasteiger partial charge in [-0.1, -0.05) is 0 Å². The van der Waals surface area contributed by atoms with Gasteiger partial charge in [0.2, 0.25) is 0 Å². The van der Waals surface area contributed by atoms with Gasteiger partial charge in [-0.25, -0.2) is 9.37 Å². The van der Waals surface area contributed by atoms with Crippen LogP contribution in [0.15, 0.2) is 12.3 Å². The van der Waals surface area contributed by atoms with Gasteiger partial charge in [-0.05, 0) is 20.0 Å². The van der Waals surface area contributed by atoms with E-state index >= 15 is 0 Å². The predicted molar refractivity (Wildman–Crippen MR) is 60.9 cm³/mol. The SMILES string of the molecule is CCN(CC(F)(F)F)c1nccc(CNC)c1F. The molecule has 1 aromatic heterocycles. The molecule has 7 heteroatoms. The van der Waals surface area contributed by atoms with Gasteiger partial charge in [-0.15, -0.1) is 0 Å². The van der Waals surface area contributed by atoms with E-state index in [1.165, 1.54) is 19.2 Å². The Bertz CT molecular complexity index is 392. The molecule has 3 nitrogen and oxygen atoms in total. The summed E-state index contributed by atoms with van der Waals surface area (Å²) in [5.74, 6) is -0.972. The molecule has 0 saturated carbocycles. The number of rotatable bonds is 5. The molecule has 0 aliphatic heterocycles. The summed E-state index contributed by atoms with van der Waals surface area (Å²) in [6, 6.07) is 1.44. The molecule has 0 saturated heterocycles. The number of halogens is 4. The normalized spacial score (nSPS) is 11.7. The van der Waals surface area contributed by atoms with Crippen LogP contribution in [0.1, 0.15) is 12.5 Å². The standard InChI is InChI=1S/C11H15F4N3/c1-3-18(7-11(13,14)15)10-9(12)8(6-16-2)4-5-17-10/h4-5,16H,3,6-7H2,1-2H3. The lowest BCUT2D eigenvalue weighted by atomic mass is 10.2. The molecule has 0 aliphatic carbocycles. The average molecular weight is 265 g/mol. The summed E-state index contributed by atoms with van der Waals surface area (Å²) in [5.41, 5.74) is 0.295. The summed E-state index contributed by atoms with van der Waals surface area (Å²) in [6.45, 7) is 0.589. The van der Waals surface area contributed by atoms with E-state index in [1.54, 1.807) is 7.05 Å². The minimum Gasteiger partial charge on any atom is -0.345 e. The average Bonchev–Trinajstić information content (AvgIpc) is 2.28. The maximum absolute atomic E-state index is 14.0. The van der Waals surface area contributed by atoms with E-state index in [9.17, 15) is 17.6 Å². The molecule has 0 aromatic carbocycles. The highest BCUT2D eigenvalue weighted by Gasteiger charge is 2.32. The number of nitrogens with one attached hydrogen (secondary N) is 1. The Labute approximate surface area is 103 Å². The van der Waals surface area contributed by atoms with Crippen molar-refractivity contribution in [1.29, 1.82) is 0 Å². The molecule has 0 atom stereocenters. The third-order valence-electron chi connectivity index (χ3n) is 2.37. The fraction of sp³-hybridized carbons (Fsp3) is 0.545. The van der Waals surface area contributed by atoms with Crippen LogP contribution in [0.25, 0.3) is 0 Å². The zero-order chi connectivity index (χ0) is 13.8. The topological polar surface area (TPSA) is 28.2 Å². The van der Waals surface area contributed by atoms with Gasteiger partial charge in [0, 0.05) is 24.8 Å². The Morgan fingerprint density at radius 1 is 1.39 bits per heavy atom. The van der Waals surface area contributed by atoms with Gasteiger partial charge in [0.15, 0.2) is 11.6 Å². The van der Waals surface area contributed by atoms with Crippen molar-refractivity contribution >= 4 is 5.82 Å². The molecule has 0 radical (unpaired) electrons. The van der Waals surface area contributed by atoms with Crippen molar-refractivity contribution in [2.24, 2.45) is 0 Å². The van der Waals surface area contributed by atoms with E-state index in [0.29, 0.717) is 5.56 Å². The Kier molecular flexibility index (Phi) is 4.89. The molecule has 18 heavy (non-hydrogen) atoms. The lowest BCUT2D eigenvalue weighted by Gasteiger charge is -2.24. The van der Waals surface area contributed by atoms with Crippen LogP contribution in [0.5, 0.6) is 0 Å². The van der Waals surface area contributed by atoms with Gasteiger partial charge in [0.05, 0.1) is 0 Å². The molecule has 1 N–H and O–H groups in total. The highest BCUT2D eigenvalue weighted by atomic mass is 19.4. The van der Waals surface area contributed by atoms with Crippen molar-refractivity contribution in [2.75, 3.05) is 25.0 Å². The zero-order valence-electron chi connectivity index (χ0n) is 10.2. The number of hydrogen-bond donors (Lipinski definition) is 1. The lowest BCUT2D eigenvalue weighted by Crippen LogP contribution is -2.35. The monoisotopic (exact) mass is 265 g/mol. The predicted octanol–water partition coefficient (Wildman–Crippen LogP) is 2.33. The minimum absolute atomic E-state index is 0.0342. The fourth-order valence-electron chi connectivity index (χ4n) is 1.57. The first-order chi connectivity index (χ1) is 8.39. The van der Waals surface area contributed by atoms with Crippen LogP contribution >= 0.6 is 0 Å². The molecule has 0 spiro atoms. The molecule has 1 aromatic rings. The summed E-state index contributed by atoms with van der Waals surface area (Å²) in [4.78, 5) is 4.57. The number of alkyl halides is 3. The first kappa shape index (κ1) is 14.7. The van der Waals surface area contributed by atoms with E-state index in [4.69, 9.17) is 0 Å². The van der Waals surface area contributed by atoms with E-state index in [0.717, 1.165) is 4.90 Å². The van der Waals surface area contributed by atoms with Crippen molar-refractivity contribution in [3.63, 3.8) is 0 Å². The van der Waals surface area contributed by atoms with Gasteiger partial charge in [0.25, 0.3) is 0 Å². The Morgan fingerprint density at radius 2 is 2.06 bits per heavy atom. The first-order valence-corrected chi connectivity index (χ1v) is 5.48. The molecule has 0 unspecified atom stereocenters. The van der Waals surface area contributed by atoms with Crippen molar-refractivity contribution in [2.45, 2.75) is 19.6 Å². The molecule has 0 aliphatic rings. The molecular weight excluding hydrogens is 250 g/mol. The highest BCUT2D eigenvalue weighted by molar-refractivity contribution is 5.43. The smallest absolute Gasteiger partial charge is 0.345 e. The summed E-state index contributed by atoms with van der Waals surface area (Å²) >= 11 is 0. The van der Waals surface area contributed by atoms with Crippen LogP contribution in [-0.2, 0) is 6.54 Å². The Hall–Kier alpha value is -1.37. The van der Waals surface area contributed by atoms with Crippen LogP contribution in [0.4, 0.5) is 23.4 Å². The molecule has 0 bridgehead atoms. The van der Waals surface area contributed by atoms with Crippen molar-refractivity contribution < 1.29 is 17.6 Å². The minimum atomic E-state index is -4.39. The summed E-state index contributed by atoms with van der Waals surface area (Å²) < 4.78 is 51.0. The van der Waals surface area contributed by atoms with Crippen molar-refractivity contribution in [3.05, 3.63) is 23.6 Å². The fourth-order valence-corrected chi connectivity index (χ4v) is 1.57. The first-order valence-electron chi connectivity index (χ1n) is 5.48. The number of hydrogen-bond acceptors (Lipinski definition) is 3. The summed E-state index contributed by atoms with van der Waals surface area (Å²) in [7, 11) is 1.63. The molecule has 0 amide bonds. The third-order valence-corrected chi connectivity index (χ3v) is 2.37. The number of nitrogens with zero attached hydrogens (tertiary/aromatic N) is 2. The number of anilines is 1. The van der Waals surface area contributed by atoms with Gasteiger partial charge in [-0.2, -0.15) is 13.2 Å². The Morgan fingerprint density at radius 3 is 2.56 bits per heavy atom. The van der Waals surface area contributed by atoms with Crippen LogP contribution in [0.2, 0.25) is 0 Å². The van der Waals surface area contributed by atoms with Crippen LogP contribution in [0, 0.1) is 5.82 Å². The van der Waals surface area contributed by atoms with E-state index in [1.807, 2.05) is 0 Å². The van der Waals surface area contributed by atoms with E-state index in [2.05, 4.69) is 10.3 Å². The summed E-state index contributed by atoms with van der Waals surface area (Å²) in [6.07, 6.45) is -3.08.